The minimum Gasteiger partial charge on any atom is -0.340 e. The first kappa shape index (κ1) is 21.0. The molecular formula is C17H22N8O5S. The van der Waals surface area contributed by atoms with Gasteiger partial charge in [0.1, 0.15) is 6.54 Å². The number of sulfonamides is 1. The molecule has 1 aliphatic rings. The summed E-state index contributed by atoms with van der Waals surface area (Å²) in [7, 11) is -0.829. The summed E-state index contributed by atoms with van der Waals surface area (Å²) in [5.74, 6) is -0.268. The topological polar surface area (TPSA) is 148 Å². The Hall–Kier alpha value is -3.26. The molecule has 0 atom stereocenters. The fourth-order valence-corrected chi connectivity index (χ4v) is 5.03. The number of fused-ring (bicyclic) bond motifs is 1. The van der Waals surface area contributed by atoms with Crippen LogP contribution in [0.1, 0.15) is 6.42 Å². The Bertz CT molecular complexity index is 1350. The largest absolute Gasteiger partial charge is 0.340 e. The van der Waals surface area contributed by atoms with Gasteiger partial charge in [0.2, 0.25) is 5.91 Å². The van der Waals surface area contributed by atoms with Crippen molar-refractivity contribution in [1.29, 1.82) is 0 Å². The highest BCUT2D eigenvalue weighted by molar-refractivity contribution is 7.89. The van der Waals surface area contributed by atoms with Crippen LogP contribution in [0, 0.1) is 0 Å². The maximum absolute atomic E-state index is 12.9. The molecule has 0 unspecified atom stereocenters. The molecule has 166 valence electrons. The molecule has 0 aliphatic carbocycles. The van der Waals surface area contributed by atoms with E-state index < -0.39 is 21.3 Å². The normalized spacial score (nSPS) is 16.0. The number of hydrogen-bond donors (Lipinski definition) is 1. The van der Waals surface area contributed by atoms with Gasteiger partial charge in [-0.25, -0.2) is 23.2 Å². The lowest BCUT2D eigenvalue weighted by atomic mass is 10.3. The average molecular weight is 450 g/mol. The van der Waals surface area contributed by atoms with Gasteiger partial charge < -0.3 is 14.5 Å². The molecule has 31 heavy (non-hydrogen) atoms. The number of carbonyl (C=O) groups is 1. The van der Waals surface area contributed by atoms with E-state index in [-0.39, 0.29) is 48.3 Å². The summed E-state index contributed by atoms with van der Waals surface area (Å²) >= 11 is 0. The van der Waals surface area contributed by atoms with E-state index in [4.69, 9.17) is 0 Å². The van der Waals surface area contributed by atoms with Crippen molar-refractivity contribution in [1.82, 2.24) is 37.9 Å². The van der Waals surface area contributed by atoms with Crippen LogP contribution in [0.4, 0.5) is 0 Å². The van der Waals surface area contributed by atoms with Crippen molar-refractivity contribution >= 4 is 27.1 Å². The number of nitrogens with zero attached hydrogens (tertiary/aromatic N) is 7. The van der Waals surface area contributed by atoms with Crippen LogP contribution in [0.5, 0.6) is 0 Å². The molecule has 1 amide bonds. The van der Waals surface area contributed by atoms with Crippen molar-refractivity contribution in [2.24, 2.45) is 14.1 Å². The molecule has 3 aromatic heterocycles. The van der Waals surface area contributed by atoms with Gasteiger partial charge in [-0.2, -0.15) is 4.31 Å². The molecule has 4 heterocycles. The van der Waals surface area contributed by atoms with Gasteiger partial charge in [0, 0.05) is 40.3 Å². The summed E-state index contributed by atoms with van der Waals surface area (Å²) < 4.78 is 30.3. The number of carbonyl (C=O) groups excluding carboxylic acids is 1. The van der Waals surface area contributed by atoms with Gasteiger partial charge in [-0.3, -0.25) is 18.7 Å². The van der Waals surface area contributed by atoms with E-state index in [1.54, 1.807) is 4.90 Å². The third-order valence-corrected chi connectivity index (χ3v) is 7.25. The van der Waals surface area contributed by atoms with Gasteiger partial charge >= 0.3 is 5.69 Å². The SMILES string of the molecule is Cn1c(=O)c2c(ncn2CC(=O)N2CCCN(S(=O)(=O)c3cnc[nH]3)CC2)n(C)c1=O. The molecule has 0 saturated carbocycles. The van der Waals surface area contributed by atoms with Crippen molar-refractivity contribution in [3.8, 4) is 0 Å². The van der Waals surface area contributed by atoms with Gasteiger partial charge in [-0.15, -0.1) is 0 Å². The van der Waals surface area contributed by atoms with E-state index in [0.717, 1.165) is 4.57 Å². The second-order valence-electron chi connectivity index (χ2n) is 7.30. The fourth-order valence-electron chi connectivity index (χ4n) is 3.67. The number of imidazole rings is 2. The van der Waals surface area contributed by atoms with Crippen LogP contribution in [-0.4, -0.2) is 78.4 Å². The first-order chi connectivity index (χ1) is 14.7. The number of aryl methyl sites for hydroxylation is 1. The number of nitrogens with one attached hydrogen (secondary N) is 1. The third-order valence-electron chi connectivity index (χ3n) is 5.42. The quantitative estimate of drug-likeness (QED) is 0.487. The molecule has 14 heteroatoms. The molecule has 1 saturated heterocycles. The Labute approximate surface area is 176 Å². The molecule has 0 bridgehead atoms. The lowest BCUT2D eigenvalue weighted by Crippen LogP contribution is -2.40. The fraction of sp³-hybridized carbons (Fsp3) is 0.471. The van der Waals surface area contributed by atoms with E-state index in [2.05, 4.69) is 15.0 Å². The molecular weight excluding hydrogens is 428 g/mol. The second kappa shape index (κ2) is 7.77. The van der Waals surface area contributed by atoms with Gasteiger partial charge in [-0.05, 0) is 6.42 Å². The molecule has 4 rings (SSSR count). The van der Waals surface area contributed by atoms with E-state index in [1.165, 1.54) is 46.4 Å². The van der Waals surface area contributed by atoms with Crippen LogP contribution in [0.25, 0.3) is 11.2 Å². The summed E-state index contributed by atoms with van der Waals surface area (Å²) in [6.07, 6.45) is 4.38. The highest BCUT2D eigenvalue weighted by Gasteiger charge is 2.29. The Morgan fingerprint density at radius 3 is 2.61 bits per heavy atom. The Morgan fingerprint density at radius 2 is 1.90 bits per heavy atom. The molecule has 0 radical (unpaired) electrons. The molecule has 3 aromatic rings. The zero-order chi connectivity index (χ0) is 22.3. The standard InChI is InChI=1S/C17H22N8O5S/c1-21-15-14(16(27)22(2)17(21)28)24(11-20-15)9-13(26)23-4-3-5-25(7-6-23)31(29,30)12-8-18-10-19-12/h8,10-11H,3-7,9H2,1-2H3,(H,18,19). The smallest absolute Gasteiger partial charge is 0.332 e. The molecule has 13 nitrogen and oxygen atoms in total. The summed E-state index contributed by atoms with van der Waals surface area (Å²) in [6.45, 7) is 0.888. The molecule has 0 spiro atoms. The number of hydrogen-bond acceptors (Lipinski definition) is 7. The predicted molar refractivity (Wildman–Crippen MR) is 109 cm³/mol. The van der Waals surface area contributed by atoms with Crippen LogP contribution in [0.2, 0.25) is 0 Å². The van der Waals surface area contributed by atoms with Crippen LogP contribution in [-0.2, 0) is 35.5 Å². The van der Waals surface area contributed by atoms with E-state index in [1.807, 2.05) is 0 Å². The van der Waals surface area contributed by atoms with Crippen LogP contribution in [0.15, 0.2) is 33.5 Å². The first-order valence-corrected chi connectivity index (χ1v) is 11.0. The Morgan fingerprint density at radius 1 is 1.13 bits per heavy atom. The Balaban J connectivity index is 1.53. The van der Waals surface area contributed by atoms with Gasteiger partial charge in [0.15, 0.2) is 16.2 Å². The zero-order valence-electron chi connectivity index (χ0n) is 17.1. The number of amides is 1. The minimum atomic E-state index is -3.70. The van der Waals surface area contributed by atoms with Crippen LogP contribution in [0.3, 0.4) is 0 Å². The summed E-state index contributed by atoms with van der Waals surface area (Å²) in [6, 6.07) is 0. The summed E-state index contributed by atoms with van der Waals surface area (Å²) in [5, 5.41) is 0.0126. The molecule has 1 N–H and O–H groups in total. The lowest BCUT2D eigenvalue weighted by molar-refractivity contribution is -0.131. The van der Waals surface area contributed by atoms with Gasteiger partial charge in [0.05, 0.1) is 18.9 Å². The second-order valence-corrected chi connectivity index (χ2v) is 9.21. The third kappa shape index (κ3) is 3.57. The van der Waals surface area contributed by atoms with Crippen molar-refractivity contribution in [2.45, 2.75) is 18.0 Å². The summed E-state index contributed by atoms with van der Waals surface area (Å²) in [4.78, 5) is 49.6. The minimum absolute atomic E-state index is 0.0126. The average Bonchev–Trinajstić information content (AvgIpc) is 3.36. The van der Waals surface area contributed by atoms with Crippen LogP contribution >= 0.6 is 0 Å². The number of rotatable bonds is 4. The summed E-state index contributed by atoms with van der Waals surface area (Å²) in [5.41, 5.74) is -0.666. The highest BCUT2D eigenvalue weighted by Crippen LogP contribution is 2.15. The molecule has 1 fully saturated rings. The Kier molecular flexibility index (Phi) is 5.26. The van der Waals surface area contributed by atoms with Crippen molar-refractivity contribution < 1.29 is 13.2 Å². The number of H-pyrrole nitrogens is 1. The lowest BCUT2D eigenvalue weighted by Gasteiger charge is -2.21. The number of aromatic nitrogens is 6. The first-order valence-electron chi connectivity index (χ1n) is 9.59. The van der Waals surface area contributed by atoms with Crippen molar-refractivity contribution in [3.05, 3.63) is 39.7 Å². The van der Waals surface area contributed by atoms with Crippen molar-refractivity contribution in [2.75, 3.05) is 26.2 Å². The predicted octanol–water partition coefficient (Wildman–Crippen LogP) is -1.92. The van der Waals surface area contributed by atoms with Crippen molar-refractivity contribution in [3.63, 3.8) is 0 Å². The van der Waals surface area contributed by atoms with Crippen LogP contribution < -0.4 is 11.2 Å². The van der Waals surface area contributed by atoms with E-state index >= 15 is 0 Å². The monoisotopic (exact) mass is 450 g/mol. The maximum Gasteiger partial charge on any atom is 0.332 e. The molecule has 0 aromatic carbocycles. The zero-order valence-corrected chi connectivity index (χ0v) is 17.9. The maximum atomic E-state index is 12.9. The number of aromatic amines is 1. The van der Waals surface area contributed by atoms with Gasteiger partial charge in [-0.1, -0.05) is 0 Å². The van der Waals surface area contributed by atoms with E-state index in [0.29, 0.717) is 13.0 Å². The molecule has 1 aliphatic heterocycles. The highest BCUT2D eigenvalue weighted by atomic mass is 32.2. The van der Waals surface area contributed by atoms with E-state index in [9.17, 15) is 22.8 Å². The van der Waals surface area contributed by atoms with Gasteiger partial charge in [0.25, 0.3) is 15.6 Å².